The summed E-state index contributed by atoms with van der Waals surface area (Å²) < 4.78 is 5.87. The molecular weight excluding hydrogens is 380 g/mol. The Morgan fingerprint density at radius 2 is 1.13 bits per heavy atom. The van der Waals surface area contributed by atoms with Gasteiger partial charge >= 0.3 is 0 Å². The van der Waals surface area contributed by atoms with Crippen molar-refractivity contribution in [1.82, 2.24) is 9.97 Å². The first-order valence-corrected chi connectivity index (χ1v) is 12.9. The molecule has 0 N–H and O–H groups in total. The van der Waals surface area contributed by atoms with Gasteiger partial charge in [0.15, 0.2) is 5.82 Å². The van der Waals surface area contributed by atoms with Crippen molar-refractivity contribution in [3.05, 3.63) is 42.2 Å². The van der Waals surface area contributed by atoms with Crippen LogP contribution in [0.1, 0.15) is 109 Å². The van der Waals surface area contributed by atoms with Gasteiger partial charge in [0.25, 0.3) is 0 Å². The van der Waals surface area contributed by atoms with E-state index in [1.54, 1.807) is 0 Å². The topological polar surface area (TPSA) is 35.0 Å². The van der Waals surface area contributed by atoms with Crippen molar-refractivity contribution in [2.24, 2.45) is 0 Å². The summed E-state index contributed by atoms with van der Waals surface area (Å²) in [6.07, 6.45) is 23.6. The summed E-state index contributed by atoms with van der Waals surface area (Å²) >= 11 is 0. The van der Waals surface area contributed by atoms with Gasteiger partial charge in [-0.1, -0.05) is 90.9 Å². The van der Waals surface area contributed by atoms with Gasteiger partial charge in [0, 0.05) is 18.0 Å². The minimum atomic E-state index is 0.794. The smallest absolute Gasteiger partial charge is 0.159 e. The van der Waals surface area contributed by atoms with Crippen molar-refractivity contribution in [3.63, 3.8) is 0 Å². The number of unbranched alkanes of at least 4 members (excludes halogenated alkanes) is 12. The third kappa shape index (κ3) is 11.3. The summed E-state index contributed by atoms with van der Waals surface area (Å²) in [6.45, 7) is 5.33. The lowest BCUT2D eigenvalue weighted by Gasteiger charge is -2.07. The molecule has 1 aromatic heterocycles. The highest BCUT2D eigenvalue weighted by molar-refractivity contribution is 5.55. The molecule has 0 fully saturated rings. The summed E-state index contributed by atoms with van der Waals surface area (Å²) in [7, 11) is 0. The van der Waals surface area contributed by atoms with Crippen LogP contribution >= 0.6 is 0 Å². The van der Waals surface area contributed by atoms with Crippen molar-refractivity contribution >= 4 is 0 Å². The number of ether oxygens (including phenoxy) is 1. The van der Waals surface area contributed by atoms with Gasteiger partial charge in [-0.15, -0.1) is 0 Å². The second kappa shape index (κ2) is 16.8. The van der Waals surface area contributed by atoms with Crippen molar-refractivity contribution in [1.29, 1.82) is 0 Å². The molecule has 0 saturated carbocycles. The predicted molar refractivity (Wildman–Crippen MR) is 133 cm³/mol. The molecule has 3 nitrogen and oxygen atoms in total. The number of hydrogen-bond donors (Lipinski definition) is 0. The van der Waals surface area contributed by atoms with E-state index in [2.05, 4.69) is 35.9 Å². The third-order valence-corrected chi connectivity index (χ3v) is 5.90. The Labute approximate surface area is 191 Å². The first-order chi connectivity index (χ1) is 15.3. The largest absolute Gasteiger partial charge is 0.494 e. The van der Waals surface area contributed by atoms with Crippen LogP contribution in [0.15, 0.2) is 36.7 Å². The lowest BCUT2D eigenvalue weighted by molar-refractivity contribution is 0.304. The average molecular weight is 425 g/mol. The molecule has 0 bridgehead atoms. The van der Waals surface area contributed by atoms with Crippen LogP contribution in [-0.2, 0) is 6.42 Å². The maximum Gasteiger partial charge on any atom is 0.159 e. The SMILES string of the molecule is CCCCCCCCCCc1cnc(-c2ccc(OCCCCCCCC)cc2)nc1. The van der Waals surface area contributed by atoms with Crippen molar-refractivity contribution in [2.75, 3.05) is 6.61 Å². The molecule has 31 heavy (non-hydrogen) atoms. The molecule has 0 aliphatic carbocycles. The Morgan fingerprint density at radius 3 is 1.71 bits per heavy atom. The Hall–Kier alpha value is -1.90. The van der Waals surface area contributed by atoms with E-state index in [1.165, 1.54) is 89.0 Å². The monoisotopic (exact) mass is 424 g/mol. The fraction of sp³-hybridized carbons (Fsp3) is 0.643. The van der Waals surface area contributed by atoms with E-state index >= 15 is 0 Å². The molecule has 1 heterocycles. The molecule has 2 aromatic rings. The number of nitrogens with zero attached hydrogens (tertiary/aromatic N) is 2. The number of rotatable bonds is 18. The first kappa shape index (κ1) is 25.4. The summed E-state index contributed by atoms with van der Waals surface area (Å²) in [6, 6.07) is 8.18. The first-order valence-electron chi connectivity index (χ1n) is 12.9. The van der Waals surface area contributed by atoms with Crippen molar-refractivity contribution in [3.8, 4) is 17.1 Å². The fourth-order valence-corrected chi connectivity index (χ4v) is 3.87. The second-order valence-electron chi connectivity index (χ2n) is 8.78. The highest BCUT2D eigenvalue weighted by Gasteiger charge is 2.03. The molecule has 0 unspecified atom stereocenters. The molecule has 0 saturated heterocycles. The lowest BCUT2D eigenvalue weighted by atomic mass is 10.1. The van der Waals surface area contributed by atoms with Crippen LogP contribution in [0.3, 0.4) is 0 Å². The predicted octanol–water partition coefficient (Wildman–Crippen LogP) is 8.57. The second-order valence-corrected chi connectivity index (χ2v) is 8.78. The molecule has 0 spiro atoms. The van der Waals surface area contributed by atoms with E-state index in [0.717, 1.165) is 36.6 Å². The van der Waals surface area contributed by atoms with Crippen LogP contribution in [0.2, 0.25) is 0 Å². The zero-order valence-corrected chi connectivity index (χ0v) is 20.1. The van der Waals surface area contributed by atoms with Gasteiger partial charge in [0.05, 0.1) is 6.61 Å². The van der Waals surface area contributed by atoms with Gasteiger partial charge in [-0.05, 0) is 49.1 Å². The van der Waals surface area contributed by atoms with E-state index in [4.69, 9.17) is 4.74 Å². The zero-order valence-electron chi connectivity index (χ0n) is 20.1. The quantitative estimate of drug-likeness (QED) is 0.225. The minimum absolute atomic E-state index is 0.794. The number of hydrogen-bond acceptors (Lipinski definition) is 3. The van der Waals surface area contributed by atoms with Gasteiger partial charge in [-0.25, -0.2) is 9.97 Å². The maximum absolute atomic E-state index is 5.87. The van der Waals surface area contributed by atoms with E-state index in [1.807, 2.05) is 24.5 Å². The van der Waals surface area contributed by atoms with Gasteiger partial charge in [-0.2, -0.15) is 0 Å². The standard InChI is InChI=1S/C28H44N2O/c1-3-5-7-9-11-12-13-15-17-25-23-29-28(30-24-25)26-18-20-27(21-19-26)31-22-16-14-10-8-6-4-2/h18-21,23-24H,3-17,22H2,1-2H3. The zero-order chi connectivity index (χ0) is 22.0. The van der Waals surface area contributed by atoms with E-state index in [0.29, 0.717) is 0 Å². The minimum Gasteiger partial charge on any atom is -0.494 e. The summed E-state index contributed by atoms with van der Waals surface area (Å²) in [4.78, 5) is 9.17. The van der Waals surface area contributed by atoms with Crippen LogP contribution < -0.4 is 4.74 Å². The maximum atomic E-state index is 5.87. The Kier molecular flexibility index (Phi) is 13.7. The van der Waals surface area contributed by atoms with Crippen molar-refractivity contribution < 1.29 is 4.74 Å². The average Bonchev–Trinajstić information content (AvgIpc) is 2.81. The van der Waals surface area contributed by atoms with Gasteiger partial charge in [0.2, 0.25) is 0 Å². The van der Waals surface area contributed by atoms with Crippen LogP contribution in [0.4, 0.5) is 0 Å². The molecule has 3 heteroatoms. The normalized spacial score (nSPS) is 11.0. The lowest BCUT2D eigenvalue weighted by Crippen LogP contribution is -1.97. The van der Waals surface area contributed by atoms with Gasteiger partial charge in [0.1, 0.15) is 5.75 Å². The molecular formula is C28H44N2O. The summed E-state index contributed by atoms with van der Waals surface area (Å²) in [5.41, 5.74) is 2.29. The van der Waals surface area contributed by atoms with Crippen LogP contribution in [0.5, 0.6) is 5.75 Å². The molecule has 0 aliphatic heterocycles. The molecule has 0 aliphatic rings. The Morgan fingerprint density at radius 1 is 0.613 bits per heavy atom. The Bertz CT molecular complexity index is 666. The molecule has 1 aromatic carbocycles. The van der Waals surface area contributed by atoms with Crippen LogP contribution in [0, 0.1) is 0 Å². The van der Waals surface area contributed by atoms with Crippen LogP contribution in [-0.4, -0.2) is 16.6 Å². The summed E-state index contributed by atoms with van der Waals surface area (Å²) in [5.74, 6) is 1.73. The molecule has 172 valence electrons. The number of benzene rings is 1. The number of aryl methyl sites for hydroxylation is 1. The van der Waals surface area contributed by atoms with E-state index in [9.17, 15) is 0 Å². The highest BCUT2D eigenvalue weighted by Crippen LogP contribution is 2.20. The highest BCUT2D eigenvalue weighted by atomic mass is 16.5. The molecule has 2 rings (SSSR count). The van der Waals surface area contributed by atoms with Crippen molar-refractivity contribution in [2.45, 2.75) is 110 Å². The molecule has 0 atom stereocenters. The molecule has 0 radical (unpaired) electrons. The van der Waals surface area contributed by atoms with Crippen LogP contribution in [0.25, 0.3) is 11.4 Å². The Balaban J connectivity index is 1.63. The summed E-state index contributed by atoms with van der Waals surface area (Å²) in [5, 5.41) is 0. The van der Waals surface area contributed by atoms with Gasteiger partial charge in [-0.3, -0.25) is 0 Å². The number of aromatic nitrogens is 2. The molecule has 0 amide bonds. The van der Waals surface area contributed by atoms with Gasteiger partial charge < -0.3 is 4.74 Å². The van der Waals surface area contributed by atoms with E-state index < -0.39 is 0 Å². The fourth-order valence-electron chi connectivity index (χ4n) is 3.87. The third-order valence-electron chi connectivity index (χ3n) is 5.90. The van der Waals surface area contributed by atoms with E-state index in [-0.39, 0.29) is 0 Å².